The number of benzene rings is 2. The Labute approximate surface area is 107 Å². The van der Waals surface area contributed by atoms with Crippen LogP contribution in [0.5, 0.6) is 11.5 Å². The van der Waals surface area contributed by atoms with Gasteiger partial charge in [0.2, 0.25) is 0 Å². The first-order valence-electron chi connectivity index (χ1n) is 4.98. The van der Waals surface area contributed by atoms with Crippen LogP contribution in [0.4, 0.5) is 8.78 Å². The second-order valence-electron chi connectivity index (χ2n) is 3.48. The van der Waals surface area contributed by atoms with E-state index < -0.39 is 11.6 Å². The summed E-state index contributed by atoms with van der Waals surface area (Å²) in [5.41, 5.74) is 0.309. The van der Waals surface area contributed by atoms with Gasteiger partial charge in [0.05, 0.1) is 5.02 Å². The van der Waals surface area contributed by atoms with Crippen LogP contribution in [0.3, 0.4) is 0 Å². The van der Waals surface area contributed by atoms with Gasteiger partial charge in [0.25, 0.3) is 0 Å². The molecule has 18 heavy (non-hydrogen) atoms. The fourth-order valence-corrected chi connectivity index (χ4v) is 1.57. The molecule has 2 rings (SSSR count). The van der Waals surface area contributed by atoms with E-state index in [0.29, 0.717) is 11.8 Å². The molecule has 0 saturated carbocycles. The zero-order valence-corrected chi connectivity index (χ0v) is 9.75. The van der Waals surface area contributed by atoms with Crippen molar-refractivity contribution in [2.24, 2.45) is 0 Å². The molecule has 0 aliphatic heterocycles. The molecule has 0 unspecified atom stereocenters. The lowest BCUT2D eigenvalue weighted by Gasteiger charge is -2.07. The van der Waals surface area contributed by atoms with Gasteiger partial charge in [-0.1, -0.05) is 11.6 Å². The molecule has 2 nitrogen and oxygen atoms in total. The van der Waals surface area contributed by atoms with Gasteiger partial charge in [0, 0.05) is 17.7 Å². The van der Waals surface area contributed by atoms with E-state index in [4.69, 9.17) is 16.3 Å². The van der Waals surface area contributed by atoms with E-state index in [2.05, 4.69) is 0 Å². The highest BCUT2D eigenvalue weighted by Gasteiger charge is 2.07. The molecule has 5 heteroatoms. The Morgan fingerprint density at radius 2 is 1.89 bits per heavy atom. The third kappa shape index (κ3) is 2.65. The van der Waals surface area contributed by atoms with Crippen molar-refractivity contribution in [1.82, 2.24) is 0 Å². The molecule has 0 radical (unpaired) electrons. The van der Waals surface area contributed by atoms with Gasteiger partial charge in [-0.3, -0.25) is 4.79 Å². The second-order valence-corrected chi connectivity index (χ2v) is 3.89. The number of carbonyl (C=O) groups excluding carboxylic acids is 1. The van der Waals surface area contributed by atoms with E-state index in [-0.39, 0.29) is 16.5 Å². The number of halogens is 3. The van der Waals surface area contributed by atoms with Gasteiger partial charge in [-0.2, -0.15) is 0 Å². The Bertz CT molecular complexity index is 600. The summed E-state index contributed by atoms with van der Waals surface area (Å²) < 4.78 is 31.2. The molecule has 0 heterocycles. The summed E-state index contributed by atoms with van der Waals surface area (Å²) in [4.78, 5) is 10.6. The lowest BCUT2D eigenvalue weighted by molar-refractivity contribution is 0.112. The zero-order chi connectivity index (χ0) is 13.1. The molecule has 0 aromatic heterocycles. The number of carbonyl (C=O) groups is 1. The molecule has 92 valence electrons. The maximum absolute atomic E-state index is 13.3. The average molecular weight is 269 g/mol. The molecule has 0 fully saturated rings. The summed E-state index contributed by atoms with van der Waals surface area (Å²) in [6.45, 7) is 0. The summed E-state index contributed by atoms with van der Waals surface area (Å²) in [5.74, 6) is -1.36. The molecule has 0 saturated heterocycles. The minimum atomic E-state index is -0.814. The number of hydrogen-bond donors (Lipinski definition) is 0. The first-order chi connectivity index (χ1) is 8.60. The highest BCUT2D eigenvalue weighted by molar-refractivity contribution is 6.33. The van der Waals surface area contributed by atoms with Crippen molar-refractivity contribution in [3.63, 3.8) is 0 Å². The van der Waals surface area contributed by atoms with Gasteiger partial charge < -0.3 is 4.74 Å². The Balaban J connectivity index is 2.28. The largest absolute Gasteiger partial charge is 0.454 e. The smallest absolute Gasteiger partial charge is 0.168 e. The molecule has 0 N–H and O–H groups in total. The van der Waals surface area contributed by atoms with Gasteiger partial charge in [-0.25, -0.2) is 8.78 Å². The van der Waals surface area contributed by atoms with Crippen molar-refractivity contribution in [3.05, 3.63) is 58.6 Å². The van der Waals surface area contributed by atoms with Crippen molar-refractivity contribution < 1.29 is 18.3 Å². The van der Waals surface area contributed by atoms with Crippen LogP contribution in [0.25, 0.3) is 0 Å². The van der Waals surface area contributed by atoms with Crippen LogP contribution >= 0.6 is 11.6 Å². The third-order valence-electron chi connectivity index (χ3n) is 2.22. The lowest BCUT2D eigenvalue weighted by Crippen LogP contribution is -1.90. The number of rotatable bonds is 3. The van der Waals surface area contributed by atoms with Crippen molar-refractivity contribution in [2.75, 3.05) is 0 Å². The maximum atomic E-state index is 13.3. The maximum Gasteiger partial charge on any atom is 0.168 e. The van der Waals surface area contributed by atoms with Gasteiger partial charge in [0.15, 0.2) is 17.9 Å². The van der Waals surface area contributed by atoms with Gasteiger partial charge in [-0.15, -0.1) is 0 Å². The third-order valence-corrected chi connectivity index (χ3v) is 2.55. The Morgan fingerprint density at radius 3 is 2.50 bits per heavy atom. The van der Waals surface area contributed by atoms with Crippen LogP contribution in [0.1, 0.15) is 10.4 Å². The topological polar surface area (TPSA) is 26.3 Å². The van der Waals surface area contributed by atoms with Gasteiger partial charge in [0.1, 0.15) is 11.6 Å². The van der Waals surface area contributed by atoms with E-state index in [1.54, 1.807) is 0 Å². The molecule has 0 aliphatic rings. The molecule has 0 amide bonds. The second kappa shape index (κ2) is 5.14. The lowest BCUT2D eigenvalue weighted by atomic mass is 10.2. The average Bonchev–Trinajstić information content (AvgIpc) is 2.33. The van der Waals surface area contributed by atoms with E-state index in [1.165, 1.54) is 24.3 Å². The van der Waals surface area contributed by atoms with Crippen molar-refractivity contribution in [2.45, 2.75) is 0 Å². The summed E-state index contributed by atoms with van der Waals surface area (Å²) in [6.07, 6.45) is 0.602. The number of ether oxygens (including phenoxy) is 1. The first kappa shape index (κ1) is 12.5. The minimum Gasteiger partial charge on any atom is -0.454 e. The molecule has 0 atom stereocenters. The van der Waals surface area contributed by atoms with Gasteiger partial charge in [-0.05, 0) is 24.3 Å². The summed E-state index contributed by atoms with van der Waals surface area (Å²) in [5, 5.41) is 0.199. The summed E-state index contributed by atoms with van der Waals surface area (Å²) in [6, 6.07) is 7.28. The zero-order valence-electron chi connectivity index (χ0n) is 8.99. The predicted octanol–water partition coefficient (Wildman–Crippen LogP) is 4.22. The molecule has 0 spiro atoms. The minimum absolute atomic E-state index is 0.119. The molecule has 2 aromatic carbocycles. The first-order valence-corrected chi connectivity index (χ1v) is 5.35. The fraction of sp³-hybridized carbons (Fsp3) is 0. The van der Waals surface area contributed by atoms with E-state index in [9.17, 15) is 13.6 Å². The van der Waals surface area contributed by atoms with Crippen LogP contribution < -0.4 is 4.74 Å². The van der Waals surface area contributed by atoms with Crippen molar-refractivity contribution in [3.8, 4) is 11.5 Å². The Morgan fingerprint density at radius 1 is 1.11 bits per heavy atom. The quantitative estimate of drug-likeness (QED) is 0.779. The predicted molar refractivity (Wildman–Crippen MR) is 63.3 cm³/mol. The van der Waals surface area contributed by atoms with Gasteiger partial charge >= 0.3 is 0 Å². The van der Waals surface area contributed by atoms with Crippen LogP contribution in [0.2, 0.25) is 5.02 Å². The van der Waals surface area contributed by atoms with Crippen molar-refractivity contribution >= 4 is 17.9 Å². The highest BCUT2D eigenvalue weighted by Crippen LogP contribution is 2.28. The van der Waals surface area contributed by atoms with E-state index >= 15 is 0 Å². The van der Waals surface area contributed by atoms with Crippen LogP contribution in [0, 0.1) is 11.6 Å². The monoisotopic (exact) mass is 268 g/mol. The molecule has 2 aromatic rings. The molecule has 0 bridgehead atoms. The summed E-state index contributed by atoms with van der Waals surface area (Å²) in [7, 11) is 0. The van der Waals surface area contributed by atoms with E-state index in [0.717, 1.165) is 12.1 Å². The Hall–Kier alpha value is -1.94. The summed E-state index contributed by atoms with van der Waals surface area (Å²) >= 11 is 5.80. The molecular formula is C13H7ClF2O2. The molecule has 0 aliphatic carbocycles. The standard InChI is InChI=1S/C13H7ClF2O2/c14-11-6-10(3-1-8(11)7-17)18-13-4-2-9(15)5-12(13)16/h1-7H. The number of aldehydes is 1. The molecular weight excluding hydrogens is 262 g/mol. The van der Waals surface area contributed by atoms with Crippen molar-refractivity contribution in [1.29, 1.82) is 0 Å². The SMILES string of the molecule is O=Cc1ccc(Oc2ccc(F)cc2F)cc1Cl. The fourth-order valence-electron chi connectivity index (χ4n) is 1.35. The normalized spacial score (nSPS) is 10.2. The van der Waals surface area contributed by atoms with E-state index in [1.807, 2.05) is 0 Å². The van der Waals surface area contributed by atoms with Crippen LogP contribution in [0.15, 0.2) is 36.4 Å². The highest BCUT2D eigenvalue weighted by atomic mass is 35.5. The Kier molecular flexibility index (Phi) is 3.58. The van der Waals surface area contributed by atoms with Crippen LogP contribution in [-0.4, -0.2) is 6.29 Å². The number of hydrogen-bond acceptors (Lipinski definition) is 2. The van der Waals surface area contributed by atoms with Crippen LogP contribution in [-0.2, 0) is 0 Å².